The number of quaternary nitrogens is 1. The fourth-order valence-electron chi connectivity index (χ4n) is 3.97. The van der Waals surface area contributed by atoms with E-state index >= 15 is 0 Å². The van der Waals surface area contributed by atoms with Crippen molar-refractivity contribution in [2.24, 2.45) is 0 Å². The molecule has 0 bridgehead atoms. The van der Waals surface area contributed by atoms with Crippen molar-refractivity contribution in [3.63, 3.8) is 0 Å². The second-order valence-corrected chi connectivity index (χ2v) is 8.54. The van der Waals surface area contributed by atoms with Gasteiger partial charge in [0.25, 0.3) is 5.91 Å². The lowest BCUT2D eigenvalue weighted by molar-refractivity contribution is -0.853. The Bertz CT molecular complexity index is 1230. The van der Waals surface area contributed by atoms with Crippen LogP contribution < -0.4 is 5.32 Å². The second kappa shape index (κ2) is 8.91. The van der Waals surface area contributed by atoms with E-state index in [1.54, 1.807) is 14.1 Å². The molecule has 0 aliphatic carbocycles. The minimum Gasteiger partial charge on any atom is -0.633 e. The number of benzene rings is 3. The molecule has 0 saturated carbocycles. The maximum absolute atomic E-state index is 13.7. The highest BCUT2D eigenvalue weighted by Gasteiger charge is 2.25. The predicted octanol–water partition coefficient (Wildman–Crippen LogP) is 5.47. The van der Waals surface area contributed by atoms with Crippen molar-refractivity contribution in [1.82, 2.24) is 10.3 Å². The lowest BCUT2D eigenvalue weighted by Crippen LogP contribution is -2.34. The molecule has 0 saturated heterocycles. The van der Waals surface area contributed by atoms with Crippen LogP contribution in [0.1, 0.15) is 34.5 Å². The van der Waals surface area contributed by atoms with E-state index in [0.717, 1.165) is 22.0 Å². The van der Waals surface area contributed by atoms with E-state index in [1.807, 2.05) is 91.9 Å². The number of nitrogens with one attached hydrogen (secondary N) is 1. The number of rotatable bonds is 6. The van der Waals surface area contributed by atoms with Crippen molar-refractivity contribution in [3.05, 3.63) is 107 Å². The van der Waals surface area contributed by atoms with Crippen molar-refractivity contribution in [1.29, 1.82) is 0 Å². The molecule has 1 atom stereocenters. The Hall–Kier alpha value is -3.54. The summed E-state index contributed by atoms with van der Waals surface area (Å²) in [5.74, 6) is -0.208. The Kier molecular flexibility index (Phi) is 6.04. The second-order valence-electron chi connectivity index (χ2n) is 8.54. The van der Waals surface area contributed by atoms with E-state index in [4.69, 9.17) is 4.98 Å². The summed E-state index contributed by atoms with van der Waals surface area (Å²) in [7, 11) is 3.16. The van der Waals surface area contributed by atoms with Crippen LogP contribution >= 0.6 is 0 Å². The Balaban J connectivity index is 1.91. The summed E-state index contributed by atoms with van der Waals surface area (Å²) < 4.78 is -0.561. The first-order valence-electron chi connectivity index (χ1n) is 10.7. The number of carbonyl (C=O) groups is 1. The van der Waals surface area contributed by atoms with Crippen molar-refractivity contribution in [2.75, 3.05) is 14.1 Å². The highest BCUT2D eigenvalue weighted by Crippen LogP contribution is 2.32. The summed E-state index contributed by atoms with van der Waals surface area (Å²) in [6.45, 7) is 2.09. The van der Waals surface area contributed by atoms with Gasteiger partial charge in [0.2, 0.25) is 0 Å². The monoisotopic (exact) mass is 425 g/mol. The third-order valence-corrected chi connectivity index (χ3v) is 5.45. The Labute approximate surface area is 188 Å². The molecule has 3 aromatic carbocycles. The predicted molar refractivity (Wildman–Crippen MR) is 129 cm³/mol. The first-order valence-corrected chi connectivity index (χ1v) is 10.7. The smallest absolute Gasteiger partial charge is 0.253 e. The highest BCUT2D eigenvalue weighted by molar-refractivity contribution is 6.09. The fourth-order valence-corrected chi connectivity index (χ4v) is 3.97. The number of amides is 1. The van der Waals surface area contributed by atoms with E-state index in [1.165, 1.54) is 0 Å². The van der Waals surface area contributed by atoms with Crippen LogP contribution in [0, 0.1) is 5.21 Å². The minimum absolute atomic E-state index is 0.129. The molecule has 1 amide bonds. The van der Waals surface area contributed by atoms with Crippen molar-refractivity contribution in [2.45, 2.75) is 19.5 Å². The van der Waals surface area contributed by atoms with Crippen LogP contribution in [-0.2, 0) is 6.54 Å². The summed E-state index contributed by atoms with van der Waals surface area (Å²) in [5, 5.41) is 16.7. The number of aromatic nitrogens is 1. The first-order chi connectivity index (χ1) is 15.3. The van der Waals surface area contributed by atoms with Gasteiger partial charge in [0.1, 0.15) is 6.54 Å². The van der Waals surface area contributed by atoms with E-state index in [0.29, 0.717) is 16.8 Å². The number of fused-ring (bicyclic) bond motifs is 1. The average molecular weight is 426 g/mol. The first kappa shape index (κ1) is 21.7. The van der Waals surface area contributed by atoms with E-state index in [-0.39, 0.29) is 18.5 Å². The lowest BCUT2D eigenvalue weighted by Gasteiger charge is -2.35. The summed E-state index contributed by atoms with van der Waals surface area (Å²) in [6, 6.07) is 27.0. The fraction of sp³-hybridized carbons (Fsp3) is 0.185. The quantitative estimate of drug-likeness (QED) is 0.329. The van der Waals surface area contributed by atoms with Gasteiger partial charge in [-0.3, -0.25) is 4.79 Å². The molecule has 0 fully saturated rings. The van der Waals surface area contributed by atoms with Gasteiger partial charge in [-0.2, -0.15) is 0 Å². The molecule has 0 aliphatic rings. The van der Waals surface area contributed by atoms with Crippen LogP contribution in [0.2, 0.25) is 0 Å². The number of hydroxylamine groups is 3. The molecule has 0 radical (unpaired) electrons. The third kappa shape index (κ3) is 4.69. The molecule has 162 valence electrons. The molecule has 1 unspecified atom stereocenters. The molecule has 5 heteroatoms. The lowest BCUT2D eigenvalue weighted by atomic mass is 9.95. The zero-order valence-electron chi connectivity index (χ0n) is 18.6. The van der Waals surface area contributed by atoms with Gasteiger partial charge in [0.15, 0.2) is 0 Å². The molecular weight excluding hydrogens is 398 g/mol. The molecule has 4 aromatic rings. The van der Waals surface area contributed by atoms with Gasteiger partial charge in [-0.15, -0.1) is 0 Å². The summed E-state index contributed by atoms with van der Waals surface area (Å²) in [6.07, 6.45) is 0. The van der Waals surface area contributed by atoms with Gasteiger partial charge in [0, 0.05) is 16.5 Å². The highest BCUT2D eigenvalue weighted by atomic mass is 16.5. The zero-order valence-corrected chi connectivity index (χ0v) is 18.6. The van der Waals surface area contributed by atoms with Gasteiger partial charge in [0.05, 0.1) is 36.9 Å². The molecule has 1 heterocycles. The van der Waals surface area contributed by atoms with Crippen LogP contribution in [0.25, 0.3) is 22.2 Å². The van der Waals surface area contributed by atoms with Crippen LogP contribution in [0.4, 0.5) is 0 Å². The van der Waals surface area contributed by atoms with Crippen LogP contribution in [0.3, 0.4) is 0 Å². The van der Waals surface area contributed by atoms with Gasteiger partial charge in [-0.25, -0.2) is 4.98 Å². The molecule has 4 rings (SSSR count). The summed E-state index contributed by atoms with van der Waals surface area (Å²) in [4.78, 5) is 18.6. The van der Waals surface area contributed by atoms with Gasteiger partial charge in [-0.1, -0.05) is 78.9 Å². The minimum atomic E-state index is -0.561. The molecule has 0 spiro atoms. The summed E-state index contributed by atoms with van der Waals surface area (Å²) >= 11 is 0. The van der Waals surface area contributed by atoms with E-state index in [2.05, 4.69) is 5.32 Å². The topological polar surface area (TPSA) is 65.0 Å². The average Bonchev–Trinajstić information content (AvgIpc) is 2.78. The third-order valence-electron chi connectivity index (χ3n) is 5.45. The largest absolute Gasteiger partial charge is 0.633 e. The van der Waals surface area contributed by atoms with Crippen molar-refractivity contribution < 1.29 is 9.44 Å². The molecule has 32 heavy (non-hydrogen) atoms. The normalized spacial score (nSPS) is 12.5. The maximum atomic E-state index is 13.7. The van der Waals surface area contributed by atoms with Gasteiger partial charge in [-0.05, 0) is 18.6 Å². The molecule has 1 aromatic heterocycles. The Morgan fingerprint density at radius 3 is 2.19 bits per heavy atom. The van der Waals surface area contributed by atoms with Crippen molar-refractivity contribution >= 4 is 16.8 Å². The van der Waals surface area contributed by atoms with Crippen molar-refractivity contribution in [3.8, 4) is 11.3 Å². The van der Waals surface area contributed by atoms with Crippen LogP contribution in [-0.4, -0.2) is 29.6 Å². The number of hydrogen-bond acceptors (Lipinski definition) is 3. The number of hydrogen-bond donors (Lipinski definition) is 1. The molecule has 5 nitrogen and oxygen atoms in total. The van der Waals surface area contributed by atoms with Crippen LogP contribution in [0.5, 0.6) is 0 Å². The Morgan fingerprint density at radius 1 is 0.938 bits per heavy atom. The SMILES string of the molecule is CC(NC(=O)c1c(C[N+](C)(C)[O-])c(-c2ccccc2)nc2ccccc12)c1ccccc1. The van der Waals surface area contributed by atoms with E-state index < -0.39 is 4.65 Å². The van der Waals surface area contributed by atoms with Crippen LogP contribution in [0.15, 0.2) is 84.9 Å². The summed E-state index contributed by atoms with van der Waals surface area (Å²) in [5.41, 5.74) is 4.47. The Morgan fingerprint density at radius 2 is 1.53 bits per heavy atom. The number of nitrogens with zero attached hydrogens (tertiary/aromatic N) is 2. The maximum Gasteiger partial charge on any atom is 0.253 e. The number of carbonyl (C=O) groups excluding carboxylic acids is 1. The van der Waals surface area contributed by atoms with Gasteiger partial charge >= 0.3 is 0 Å². The molecular formula is C27H27N3O2. The number of pyridine rings is 1. The zero-order chi connectivity index (χ0) is 22.7. The number of para-hydroxylation sites is 1. The molecule has 1 N–H and O–H groups in total. The van der Waals surface area contributed by atoms with Gasteiger partial charge < -0.3 is 15.2 Å². The standard InChI is InChI=1S/C27H27N3O2/c1-19(20-12-6-4-7-13-20)28-27(31)25-22-16-10-11-17-24(22)29-26(21-14-8-5-9-15-21)23(25)18-30(2,3)32/h4-17,19H,18H2,1-3H3,(H,28,31). The van der Waals surface area contributed by atoms with E-state index in [9.17, 15) is 10.0 Å². The molecule has 0 aliphatic heterocycles.